The van der Waals surface area contributed by atoms with Crippen molar-refractivity contribution < 1.29 is 9.59 Å². The summed E-state index contributed by atoms with van der Waals surface area (Å²) in [5, 5.41) is 15.8. The molecule has 2 bridgehead atoms. The van der Waals surface area contributed by atoms with E-state index in [1.807, 2.05) is 54.7 Å². The Balaban J connectivity index is 1.33. The highest BCUT2D eigenvalue weighted by Crippen LogP contribution is 2.52. The Morgan fingerprint density at radius 1 is 1.00 bits per heavy atom. The third-order valence-electron chi connectivity index (χ3n) is 7.06. The van der Waals surface area contributed by atoms with Gasteiger partial charge in [-0.1, -0.05) is 48.6 Å². The van der Waals surface area contributed by atoms with E-state index >= 15 is 0 Å². The summed E-state index contributed by atoms with van der Waals surface area (Å²) in [5.74, 6) is -0.524. The predicted molar refractivity (Wildman–Crippen MR) is 119 cm³/mol. The van der Waals surface area contributed by atoms with E-state index in [4.69, 9.17) is 0 Å². The molecule has 156 valence electrons. The Morgan fingerprint density at radius 3 is 2.44 bits per heavy atom. The van der Waals surface area contributed by atoms with Crippen molar-refractivity contribution in [3.63, 3.8) is 0 Å². The van der Waals surface area contributed by atoms with Gasteiger partial charge in [0.2, 0.25) is 0 Å². The van der Waals surface area contributed by atoms with Crippen LogP contribution in [0, 0.1) is 35.0 Å². The number of rotatable bonds is 4. The van der Waals surface area contributed by atoms with E-state index in [-0.39, 0.29) is 35.5 Å². The smallest absolute Gasteiger partial charge is 0.254 e. The van der Waals surface area contributed by atoms with Crippen LogP contribution in [0.1, 0.15) is 23.1 Å². The molecule has 6 rings (SSSR count). The molecule has 6 heteroatoms. The molecule has 1 saturated heterocycles. The summed E-state index contributed by atoms with van der Waals surface area (Å²) in [6.07, 6.45) is 8.64. The van der Waals surface area contributed by atoms with Crippen LogP contribution in [0.4, 0.5) is 0 Å². The van der Waals surface area contributed by atoms with E-state index in [0.717, 1.165) is 33.5 Å². The Hall–Kier alpha value is -3.98. The first kappa shape index (κ1) is 18.8. The predicted octanol–water partition coefficient (Wildman–Crippen LogP) is 3.70. The normalized spacial score (nSPS) is 25.9. The summed E-state index contributed by atoms with van der Waals surface area (Å²) >= 11 is 0. The summed E-state index contributed by atoms with van der Waals surface area (Å²) < 4.78 is 2.07. The van der Waals surface area contributed by atoms with Gasteiger partial charge in [-0.25, -0.2) is 0 Å². The number of carbonyl (C=O) groups excluding carboxylic acids is 2. The molecule has 0 N–H and O–H groups in total. The van der Waals surface area contributed by atoms with Crippen LogP contribution in [0.2, 0.25) is 0 Å². The van der Waals surface area contributed by atoms with Crippen molar-refractivity contribution in [2.24, 2.45) is 28.8 Å². The van der Waals surface area contributed by atoms with Crippen molar-refractivity contribution >= 4 is 28.9 Å². The molecule has 1 aliphatic heterocycles. The maximum atomic E-state index is 12.9. The quantitative estimate of drug-likeness (QED) is 0.367. The molecular weight excluding hydrogens is 400 g/mol. The van der Waals surface area contributed by atoms with Crippen LogP contribution < -0.4 is 0 Å². The zero-order valence-electron chi connectivity index (χ0n) is 17.3. The van der Waals surface area contributed by atoms with Crippen LogP contribution in [0.5, 0.6) is 0 Å². The van der Waals surface area contributed by atoms with Gasteiger partial charge in [-0.15, -0.1) is 0 Å². The van der Waals surface area contributed by atoms with E-state index in [0.29, 0.717) is 12.1 Å². The number of carbonyl (C=O) groups is 2. The molecule has 2 amide bonds. The molecule has 4 unspecified atom stereocenters. The maximum Gasteiger partial charge on any atom is 0.254 e. The lowest BCUT2D eigenvalue weighted by Gasteiger charge is -2.13. The van der Waals surface area contributed by atoms with Gasteiger partial charge in [0, 0.05) is 29.2 Å². The molecule has 0 radical (unpaired) electrons. The Labute approximate surface area is 185 Å². The van der Waals surface area contributed by atoms with Gasteiger partial charge in [0.05, 0.1) is 29.7 Å². The van der Waals surface area contributed by atoms with Crippen LogP contribution in [0.25, 0.3) is 10.9 Å². The van der Waals surface area contributed by atoms with E-state index in [1.165, 1.54) is 0 Å². The minimum absolute atomic E-state index is 0.170. The molecule has 4 atom stereocenters. The molecule has 2 heterocycles. The fourth-order valence-corrected chi connectivity index (χ4v) is 5.58. The number of nitriles is 1. The highest BCUT2D eigenvalue weighted by atomic mass is 16.2. The summed E-state index contributed by atoms with van der Waals surface area (Å²) in [7, 11) is 0. The Kier molecular flexibility index (Phi) is 4.12. The van der Waals surface area contributed by atoms with Crippen molar-refractivity contribution in [3.05, 3.63) is 83.6 Å². The minimum Gasteiger partial charge on any atom is -0.342 e. The number of hydrogen-bond donors (Lipinski definition) is 0. The lowest BCUT2D eigenvalue weighted by Crippen LogP contribution is -2.28. The highest BCUT2D eigenvalue weighted by molar-refractivity contribution is 6.07. The number of hydrazone groups is 1. The average molecular weight is 420 g/mol. The van der Waals surface area contributed by atoms with Crippen molar-refractivity contribution in [1.82, 2.24) is 9.58 Å². The second-order valence-corrected chi connectivity index (χ2v) is 8.73. The molecule has 0 spiro atoms. The molecule has 3 aromatic rings. The van der Waals surface area contributed by atoms with Crippen LogP contribution in [-0.4, -0.2) is 27.6 Å². The number of amides is 2. The number of benzene rings is 2. The minimum atomic E-state index is -0.251. The van der Waals surface area contributed by atoms with Gasteiger partial charge in [0.1, 0.15) is 0 Å². The zero-order valence-corrected chi connectivity index (χ0v) is 17.3. The highest BCUT2D eigenvalue weighted by Gasteiger charge is 2.59. The molecule has 1 saturated carbocycles. The monoisotopic (exact) mass is 420 g/mol. The SMILES string of the molecule is N#Cc1ccccc1Cn1cc(C=NN2C(=O)C3C4C=CC(C4)C3C2=O)c2ccccc21. The van der Waals surface area contributed by atoms with Crippen LogP contribution in [0.3, 0.4) is 0 Å². The second-order valence-electron chi connectivity index (χ2n) is 8.73. The second kappa shape index (κ2) is 7.03. The first-order valence-corrected chi connectivity index (χ1v) is 10.8. The summed E-state index contributed by atoms with van der Waals surface area (Å²) in [4.78, 5) is 25.8. The van der Waals surface area contributed by atoms with Gasteiger partial charge in [0.15, 0.2) is 0 Å². The van der Waals surface area contributed by atoms with Crippen LogP contribution in [0.15, 0.2) is 72.0 Å². The van der Waals surface area contributed by atoms with Crippen molar-refractivity contribution in [2.45, 2.75) is 13.0 Å². The van der Waals surface area contributed by atoms with Gasteiger partial charge in [0.25, 0.3) is 11.8 Å². The van der Waals surface area contributed by atoms with Gasteiger partial charge < -0.3 is 4.57 Å². The van der Waals surface area contributed by atoms with E-state index in [2.05, 4.69) is 27.9 Å². The van der Waals surface area contributed by atoms with Gasteiger partial charge in [-0.05, 0) is 36.0 Å². The fraction of sp³-hybridized carbons (Fsp3) is 0.231. The number of imide groups is 1. The number of para-hydroxylation sites is 1. The van der Waals surface area contributed by atoms with E-state index in [1.54, 1.807) is 6.21 Å². The molecule has 3 aliphatic rings. The third-order valence-corrected chi connectivity index (χ3v) is 7.06. The van der Waals surface area contributed by atoms with Gasteiger partial charge in [-0.3, -0.25) is 9.59 Å². The summed E-state index contributed by atoms with van der Waals surface area (Å²) in [6, 6.07) is 17.7. The van der Waals surface area contributed by atoms with Crippen molar-refractivity contribution in [2.75, 3.05) is 0 Å². The van der Waals surface area contributed by atoms with Crippen molar-refractivity contribution in [3.8, 4) is 6.07 Å². The molecule has 32 heavy (non-hydrogen) atoms. The average Bonchev–Trinajstić information content (AvgIpc) is 3.57. The lowest BCUT2D eigenvalue weighted by atomic mass is 9.85. The topological polar surface area (TPSA) is 78.5 Å². The molecular formula is C26H20N4O2. The molecule has 1 aromatic heterocycles. The first-order valence-electron chi connectivity index (χ1n) is 10.8. The molecule has 6 nitrogen and oxygen atoms in total. The summed E-state index contributed by atoms with van der Waals surface area (Å²) in [6.45, 7) is 0.541. The number of allylic oxidation sites excluding steroid dienone is 2. The zero-order chi connectivity index (χ0) is 21.8. The fourth-order valence-electron chi connectivity index (χ4n) is 5.58. The maximum absolute atomic E-state index is 12.9. The number of hydrogen-bond acceptors (Lipinski definition) is 4. The Morgan fingerprint density at radius 2 is 1.69 bits per heavy atom. The third kappa shape index (κ3) is 2.68. The van der Waals surface area contributed by atoms with Gasteiger partial charge >= 0.3 is 0 Å². The van der Waals surface area contributed by atoms with Crippen LogP contribution in [-0.2, 0) is 16.1 Å². The van der Waals surface area contributed by atoms with Crippen molar-refractivity contribution in [1.29, 1.82) is 5.26 Å². The first-order chi connectivity index (χ1) is 15.7. The molecule has 2 fully saturated rings. The summed E-state index contributed by atoms with van der Waals surface area (Å²) in [5.41, 5.74) is 3.40. The van der Waals surface area contributed by atoms with Crippen LogP contribution >= 0.6 is 0 Å². The largest absolute Gasteiger partial charge is 0.342 e. The van der Waals surface area contributed by atoms with E-state index in [9.17, 15) is 14.9 Å². The van der Waals surface area contributed by atoms with Gasteiger partial charge in [-0.2, -0.15) is 15.4 Å². The van der Waals surface area contributed by atoms with E-state index < -0.39 is 0 Å². The molecule has 2 aromatic carbocycles. The number of aromatic nitrogens is 1. The lowest BCUT2D eigenvalue weighted by molar-refractivity contribution is -0.140. The Bertz CT molecular complexity index is 1350. The number of fused-ring (bicyclic) bond motifs is 6. The number of nitrogens with zero attached hydrogens (tertiary/aromatic N) is 4. The molecule has 2 aliphatic carbocycles. The standard InChI is InChI=1S/C26H20N4O2/c27-12-18-5-1-2-6-19(18)14-29-15-20(21-7-3-4-8-22(21)29)13-28-30-25(31)23-16-9-10-17(11-16)24(23)26(30)32/h1-10,13,15-17,23-24H,11,14H2.